The summed E-state index contributed by atoms with van der Waals surface area (Å²) in [5.74, 6) is -2.36. The Morgan fingerprint density at radius 3 is 2.30 bits per heavy atom. The number of nitrogens with one attached hydrogen (secondary N) is 2. The molecule has 0 atom stereocenters. The SMILES string of the molecule is O=C(Nc1cc(F)cc(F)c1)c1cccc([N+](=O)[O-])c1.OC1CCNCC1. The van der Waals surface area contributed by atoms with Crippen molar-refractivity contribution in [3.63, 3.8) is 0 Å². The molecule has 1 amide bonds. The van der Waals surface area contributed by atoms with Crippen LogP contribution in [0.25, 0.3) is 0 Å². The van der Waals surface area contributed by atoms with Gasteiger partial charge >= 0.3 is 0 Å². The van der Waals surface area contributed by atoms with Gasteiger partial charge in [-0.15, -0.1) is 0 Å². The largest absolute Gasteiger partial charge is 0.393 e. The summed E-state index contributed by atoms with van der Waals surface area (Å²) in [6.45, 7) is 1.97. The Morgan fingerprint density at radius 1 is 1.15 bits per heavy atom. The topological polar surface area (TPSA) is 104 Å². The minimum atomic E-state index is -0.834. The number of hydrogen-bond donors (Lipinski definition) is 3. The van der Waals surface area contributed by atoms with Gasteiger partial charge in [-0.2, -0.15) is 0 Å². The van der Waals surface area contributed by atoms with Crippen LogP contribution in [0.15, 0.2) is 42.5 Å². The van der Waals surface area contributed by atoms with Gasteiger partial charge in [0.25, 0.3) is 11.6 Å². The molecule has 1 aliphatic heterocycles. The molecule has 0 aromatic heterocycles. The molecule has 0 saturated carbocycles. The molecule has 0 bridgehead atoms. The van der Waals surface area contributed by atoms with Crippen LogP contribution in [0.5, 0.6) is 0 Å². The Hall–Kier alpha value is -2.91. The van der Waals surface area contributed by atoms with E-state index >= 15 is 0 Å². The average Bonchev–Trinajstić information content (AvgIpc) is 2.62. The van der Waals surface area contributed by atoms with E-state index in [2.05, 4.69) is 10.6 Å². The predicted octanol–water partition coefficient (Wildman–Crippen LogP) is 2.86. The first-order valence-electron chi connectivity index (χ1n) is 8.26. The Morgan fingerprint density at radius 2 is 1.78 bits per heavy atom. The number of benzene rings is 2. The molecule has 1 fully saturated rings. The normalized spacial score (nSPS) is 14.0. The quantitative estimate of drug-likeness (QED) is 0.562. The van der Waals surface area contributed by atoms with Crippen molar-refractivity contribution in [2.75, 3.05) is 18.4 Å². The van der Waals surface area contributed by atoms with Crippen LogP contribution in [0.1, 0.15) is 23.2 Å². The highest BCUT2D eigenvalue weighted by molar-refractivity contribution is 6.04. The second kappa shape index (κ2) is 9.70. The predicted molar refractivity (Wildman–Crippen MR) is 95.5 cm³/mol. The van der Waals surface area contributed by atoms with Gasteiger partial charge in [-0.25, -0.2) is 8.78 Å². The van der Waals surface area contributed by atoms with E-state index in [4.69, 9.17) is 5.11 Å². The first-order valence-corrected chi connectivity index (χ1v) is 8.26. The number of nitrogens with zero attached hydrogens (tertiary/aromatic N) is 1. The zero-order chi connectivity index (χ0) is 19.8. The van der Waals surface area contributed by atoms with Gasteiger partial charge in [-0.3, -0.25) is 14.9 Å². The van der Waals surface area contributed by atoms with Crippen molar-refractivity contribution < 1.29 is 23.6 Å². The number of piperidine rings is 1. The number of nitro groups is 1. The van der Waals surface area contributed by atoms with E-state index in [1.54, 1.807) is 0 Å². The Labute approximate surface area is 154 Å². The van der Waals surface area contributed by atoms with E-state index in [1.807, 2.05) is 0 Å². The molecule has 1 saturated heterocycles. The first-order chi connectivity index (χ1) is 12.8. The number of halogens is 2. The summed E-state index contributed by atoms with van der Waals surface area (Å²) < 4.78 is 25.9. The van der Waals surface area contributed by atoms with Crippen LogP contribution in [0.3, 0.4) is 0 Å². The van der Waals surface area contributed by atoms with Crippen molar-refractivity contribution in [3.05, 3.63) is 69.8 Å². The average molecular weight is 379 g/mol. The van der Waals surface area contributed by atoms with Crippen LogP contribution in [0.2, 0.25) is 0 Å². The molecule has 0 unspecified atom stereocenters. The first kappa shape index (κ1) is 20.4. The maximum absolute atomic E-state index is 13.0. The fourth-order valence-corrected chi connectivity index (χ4v) is 2.40. The zero-order valence-electron chi connectivity index (χ0n) is 14.3. The lowest BCUT2D eigenvalue weighted by Crippen LogP contribution is -2.30. The highest BCUT2D eigenvalue weighted by atomic mass is 19.1. The number of nitro benzene ring substituents is 1. The van der Waals surface area contributed by atoms with Gasteiger partial charge in [0.15, 0.2) is 0 Å². The third-order valence-corrected chi connectivity index (χ3v) is 3.75. The molecular weight excluding hydrogens is 360 g/mol. The second-order valence-electron chi connectivity index (χ2n) is 5.90. The van der Waals surface area contributed by atoms with Gasteiger partial charge in [0.1, 0.15) is 11.6 Å². The van der Waals surface area contributed by atoms with E-state index in [0.717, 1.165) is 44.1 Å². The third kappa shape index (κ3) is 6.72. The van der Waals surface area contributed by atoms with E-state index in [1.165, 1.54) is 18.2 Å². The van der Waals surface area contributed by atoms with Crippen molar-refractivity contribution in [2.24, 2.45) is 0 Å². The highest BCUT2D eigenvalue weighted by Gasteiger charge is 2.12. The maximum atomic E-state index is 13.0. The molecule has 1 heterocycles. The fraction of sp³-hybridized carbons (Fsp3) is 0.278. The smallest absolute Gasteiger partial charge is 0.270 e. The van der Waals surface area contributed by atoms with E-state index < -0.39 is 22.5 Å². The lowest BCUT2D eigenvalue weighted by atomic mass is 10.1. The molecular formula is C18H19F2N3O4. The monoisotopic (exact) mass is 379 g/mol. The molecule has 0 radical (unpaired) electrons. The molecule has 1 aliphatic rings. The Kier molecular flexibility index (Phi) is 7.33. The number of hydrogen-bond acceptors (Lipinski definition) is 5. The van der Waals surface area contributed by atoms with E-state index in [-0.39, 0.29) is 23.0 Å². The molecule has 9 heteroatoms. The van der Waals surface area contributed by atoms with Crippen molar-refractivity contribution in [1.82, 2.24) is 5.32 Å². The summed E-state index contributed by atoms with van der Waals surface area (Å²) in [6.07, 6.45) is 1.83. The summed E-state index contributed by atoms with van der Waals surface area (Å²) in [5, 5.41) is 24.9. The van der Waals surface area contributed by atoms with Gasteiger partial charge < -0.3 is 15.7 Å². The van der Waals surface area contributed by atoms with Gasteiger partial charge in [-0.05, 0) is 44.1 Å². The second-order valence-corrected chi connectivity index (χ2v) is 5.90. The molecule has 2 aromatic rings. The highest BCUT2D eigenvalue weighted by Crippen LogP contribution is 2.17. The summed E-state index contributed by atoms with van der Waals surface area (Å²) in [6, 6.07) is 7.57. The molecule has 2 aromatic carbocycles. The van der Waals surface area contributed by atoms with Crippen LogP contribution in [0, 0.1) is 21.7 Å². The molecule has 0 spiro atoms. The van der Waals surface area contributed by atoms with Gasteiger partial charge in [-0.1, -0.05) is 6.07 Å². The zero-order valence-corrected chi connectivity index (χ0v) is 14.3. The van der Waals surface area contributed by atoms with E-state index in [9.17, 15) is 23.7 Å². The van der Waals surface area contributed by atoms with E-state index in [0.29, 0.717) is 6.07 Å². The molecule has 7 nitrogen and oxygen atoms in total. The van der Waals surface area contributed by atoms with Crippen LogP contribution in [0.4, 0.5) is 20.2 Å². The van der Waals surface area contributed by atoms with Crippen molar-refractivity contribution in [2.45, 2.75) is 18.9 Å². The van der Waals surface area contributed by atoms with Gasteiger partial charge in [0.2, 0.25) is 0 Å². The van der Waals surface area contributed by atoms with Crippen molar-refractivity contribution in [3.8, 4) is 0 Å². The van der Waals surface area contributed by atoms with Crippen LogP contribution >= 0.6 is 0 Å². The number of rotatable bonds is 3. The minimum absolute atomic E-state index is 0.0175. The maximum Gasteiger partial charge on any atom is 0.270 e. The lowest BCUT2D eigenvalue weighted by Gasteiger charge is -2.16. The molecule has 0 aliphatic carbocycles. The van der Waals surface area contributed by atoms with Gasteiger partial charge in [0.05, 0.1) is 11.0 Å². The molecule has 144 valence electrons. The van der Waals surface area contributed by atoms with Crippen molar-refractivity contribution >= 4 is 17.3 Å². The van der Waals surface area contributed by atoms with Crippen LogP contribution in [-0.2, 0) is 0 Å². The number of amides is 1. The third-order valence-electron chi connectivity index (χ3n) is 3.75. The number of carbonyl (C=O) groups is 1. The summed E-state index contributed by atoms with van der Waals surface area (Å²) in [5.41, 5.74) is -0.300. The fourth-order valence-electron chi connectivity index (χ4n) is 2.40. The standard InChI is InChI=1S/C13H8F2N2O3.C5H11NO/c14-9-5-10(15)7-11(6-9)16-13(18)8-2-1-3-12(4-8)17(19)20;7-5-1-3-6-4-2-5/h1-7H,(H,16,18);5-7H,1-4H2. The number of aliphatic hydroxyl groups excluding tert-OH is 1. The number of non-ortho nitro benzene ring substituents is 1. The summed E-state index contributed by atoms with van der Waals surface area (Å²) >= 11 is 0. The molecule has 27 heavy (non-hydrogen) atoms. The Balaban J connectivity index is 0.000000313. The lowest BCUT2D eigenvalue weighted by molar-refractivity contribution is -0.384. The number of carbonyl (C=O) groups excluding carboxylic acids is 1. The minimum Gasteiger partial charge on any atom is -0.393 e. The molecule has 3 N–H and O–H groups in total. The number of anilines is 1. The molecule has 3 rings (SSSR count). The number of aliphatic hydroxyl groups is 1. The van der Waals surface area contributed by atoms with Crippen LogP contribution in [-0.4, -0.2) is 35.1 Å². The van der Waals surface area contributed by atoms with Crippen molar-refractivity contribution in [1.29, 1.82) is 0 Å². The summed E-state index contributed by atoms with van der Waals surface area (Å²) in [4.78, 5) is 21.8. The van der Waals surface area contributed by atoms with Gasteiger partial charge in [0, 0.05) is 29.4 Å². The van der Waals surface area contributed by atoms with Crippen LogP contribution < -0.4 is 10.6 Å². The Bertz CT molecular complexity index is 791. The summed E-state index contributed by atoms with van der Waals surface area (Å²) in [7, 11) is 0.